The Labute approximate surface area is 96.7 Å². The highest BCUT2D eigenvalue weighted by atomic mass is 15.0. The van der Waals surface area contributed by atoms with Gasteiger partial charge in [0.2, 0.25) is 0 Å². The summed E-state index contributed by atoms with van der Waals surface area (Å²) in [7, 11) is 2.17. The Balaban J connectivity index is 2.31. The van der Waals surface area contributed by atoms with E-state index in [1.54, 1.807) is 0 Å². The molecule has 16 heavy (non-hydrogen) atoms. The molecule has 0 bridgehead atoms. The first-order valence-electron chi connectivity index (χ1n) is 5.83. The molecule has 0 saturated carbocycles. The zero-order valence-electron chi connectivity index (χ0n) is 10.4. The van der Waals surface area contributed by atoms with Crippen LogP contribution in [-0.4, -0.2) is 4.57 Å². The predicted molar refractivity (Wildman–Crippen MR) is 67.9 cm³/mol. The maximum absolute atomic E-state index is 2.35. The average molecular weight is 211 g/mol. The third-order valence-electron chi connectivity index (χ3n) is 3.91. The van der Waals surface area contributed by atoms with Gasteiger partial charge >= 0.3 is 0 Å². The van der Waals surface area contributed by atoms with E-state index >= 15 is 0 Å². The van der Waals surface area contributed by atoms with Crippen LogP contribution in [0.5, 0.6) is 0 Å². The fourth-order valence-electron chi connectivity index (χ4n) is 2.75. The summed E-state index contributed by atoms with van der Waals surface area (Å²) < 4.78 is 2.32. The van der Waals surface area contributed by atoms with Gasteiger partial charge in [0.1, 0.15) is 0 Å². The molecule has 1 aliphatic rings. The monoisotopic (exact) mass is 211 g/mol. The maximum atomic E-state index is 2.35. The summed E-state index contributed by atoms with van der Waals surface area (Å²) in [4.78, 5) is 0. The first kappa shape index (κ1) is 9.71. The number of hydrogen-bond acceptors (Lipinski definition) is 0. The summed E-state index contributed by atoms with van der Waals surface area (Å²) >= 11 is 0. The number of benzene rings is 1. The van der Waals surface area contributed by atoms with E-state index < -0.39 is 0 Å². The lowest BCUT2D eigenvalue weighted by atomic mass is 10.0. The van der Waals surface area contributed by atoms with Gasteiger partial charge in [0.05, 0.1) is 5.69 Å². The molecule has 3 rings (SSSR count). The van der Waals surface area contributed by atoms with Gasteiger partial charge in [-0.15, -0.1) is 0 Å². The molecule has 1 aromatic carbocycles. The molecule has 0 N–H and O–H groups in total. The summed E-state index contributed by atoms with van der Waals surface area (Å²) in [6, 6.07) is 7.01. The fraction of sp³-hybridized carbons (Fsp3) is 0.333. The lowest BCUT2D eigenvalue weighted by Crippen LogP contribution is -1.94. The van der Waals surface area contributed by atoms with Crippen LogP contribution < -0.4 is 0 Å². The maximum Gasteiger partial charge on any atom is 0.0518 e. The van der Waals surface area contributed by atoms with Crippen LogP contribution in [0.3, 0.4) is 0 Å². The van der Waals surface area contributed by atoms with Crippen molar-refractivity contribution < 1.29 is 0 Å². The minimum Gasteiger partial charge on any atom is -0.348 e. The van der Waals surface area contributed by atoms with E-state index in [1.807, 2.05) is 0 Å². The van der Waals surface area contributed by atoms with Gasteiger partial charge in [-0.25, -0.2) is 0 Å². The number of aromatic nitrogens is 1. The van der Waals surface area contributed by atoms with Crippen LogP contribution in [0.4, 0.5) is 0 Å². The summed E-state index contributed by atoms with van der Waals surface area (Å²) in [5.41, 5.74) is 10.00. The second-order valence-electron chi connectivity index (χ2n) is 4.99. The van der Waals surface area contributed by atoms with Gasteiger partial charge in [-0.1, -0.05) is 6.07 Å². The van der Waals surface area contributed by atoms with Crippen LogP contribution in [0.2, 0.25) is 0 Å². The number of nitrogens with zero attached hydrogens (tertiary/aromatic N) is 1. The van der Waals surface area contributed by atoms with Crippen LogP contribution in [0, 0.1) is 20.8 Å². The molecule has 1 heterocycles. The minimum absolute atomic E-state index is 1.10. The number of fused-ring (bicyclic) bond motifs is 3. The molecule has 1 heteroatoms. The molecule has 1 aromatic heterocycles. The molecule has 0 atom stereocenters. The summed E-state index contributed by atoms with van der Waals surface area (Å²) in [6.45, 7) is 6.58. The van der Waals surface area contributed by atoms with Crippen molar-refractivity contribution in [2.75, 3.05) is 0 Å². The third kappa shape index (κ3) is 1.12. The van der Waals surface area contributed by atoms with Crippen molar-refractivity contribution in [1.82, 2.24) is 4.57 Å². The molecule has 0 radical (unpaired) electrons. The van der Waals surface area contributed by atoms with Gasteiger partial charge in [0.15, 0.2) is 0 Å². The summed E-state index contributed by atoms with van der Waals surface area (Å²) in [5, 5.41) is 0. The highest BCUT2D eigenvalue weighted by molar-refractivity contribution is 5.76. The van der Waals surface area contributed by atoms with E-state index in [1.165, 1.54) is 39.2 Å². The van der Waals surface area contributed by atoms with E-state index in [0.29, 0.717) is 0 Å². The van der Waals surface area contributed by atoms with Crippen molar-refractivity contribution in [2.24, 2.45) is 7.05 Å². The second kappa shape index (κ2) is 3.00. The Morgan fingerprint density at radius 1 is 0.938 bits per heavy atom. The van der Waals surface area contributed by atoms with Gasteiger partial charge in [-0.05, 0) is 55.2 Å². The molecule has 0 fully saturated rings. The van der Waals surface area contributed by atoms with Crippen LogP contribution in [-0.2, 0) is 13.5 Å². The molecule has 82 valence electrons. The molecule has 2 aromatic rings. The van der Waals surface area contributed by atoms with Crippen molar-refractivity contribution in [2.45, 2.75) is 27.2 Å². The molecular formula is C15H17N. The first-order chi connectivity index (χ1) is 7.58. The molecule has 1 nitrogen and oxygen atoms in total. The van der Waals surface area contributed by atoms with E-state index in [0.717, 1.165) is 6.42 Å². The molecular weight excluding hydrogens is 194 g/mol. The largest absolute Gasteiger partial charge is 0.348 e. The second-order valence-corrected chi connectivity index (χ2v) is 4.99. The topological polar surface area (TPSA) is 4.93 Å². The minimum atomic E-state index is 1.10. The van der Waals surface area contributed by atoms with E-state index in [2.05, 4.69) is 50.6 Å². The van der Waals surface area contributed by atoms with Crippen molar-refractivity contribution >= 4 is 0 Å². The SMILES string of the molecule is Cc1cc2c(cc1C)-c1c(cc(C)n1C)C2. The quantitative estimate of drug-likeness (QED) is 0.536. The van der Waals surface area contributed by atoms with E-state index in [4.69, 9.17) is 0 Å². The zero-order valence-corrected chi connectivity index (χ0v) is 10.4. The van der Waals surface area contributed by atoms with Gasteiger partial charge in [-0.3, -0.25) is 0 Å². The standard InChI is InChI=1S/C15H17N/c1-9-5-12-8-13-7-11(3)16(4)15(13)14(12)6-10(9)2/h5-7H,8H2,1-4H3. The van der Waals surface area contributed by atoms with Crippen molar-refractivity contribution in [3.63, 3.8) is 0 Å². The smallest absolute Gasteiger partial charge is 0.0518 e. The zero-order chi connectivity index (χ0) is 11.4. The lowest BCUT2D eigenvalue weighted by molar-refractivity contribution is 0.891. The Kier molecular flexibility index (Phi) is 1.82. The highest BCUT2D eigenvalue weighted by Crippen LogP contribution is 2.39. The van der Waals surface area contributed by atoms with E-state index in [9.17, 15) is 0 Å². The average Bonchev–Trinajstić information content (AvgIpc) is 2.67. The van der Waals surface area contributed by atoms with Gasteiger partial charge in [-0.2, -0.15) is 0 Å². The normalized spacial score (nSPS) is 12.8. The first-order valence-corrected chi connectivity index (χ1v) is 5.83. The molecule has 0 saturated heterocycles. The van der Waals surface area contributed by atoms with Gasteiger partial charge in [0.25, 0.3) is 0 Å². The summed E-state index contributed by atoms with van der Waals surface area (Å²) in [6.07, 6.45) is 1.10. The lowest BCUT2D eigenvalue weighted by Gasteiger charge is -2.08. The fourth-order valence-corrected chi connectivity index (χ4v) is 2.75. The van der Waals surface area contributed by atoms with Gasteiger partial charge < -0.3 is 4.57 Å². The highest BCUT2D eigenvalue weighted by Gasteiger charge is 2.23. The molecule has 0 unspecified atom stereocenters. The van der Waals surface area contributed by atoms with Crippen molar-refractivity contribution in [3.05, 3.63) is 46.1 Å². The van der Waals surface area contributed by atoms with Crippen LogP contribution in [0.15, 0.2) is 18.2 Å². The predicted octanol–water partition coefficient (Wildman–Crippen LogP) is 3.52. The van der Waals surface area contributed by atoms with Crippen molar-refractivity contribution in [1.29, 1.82) is 0 Å². The Morgan fingerprint density at radius 2 is 1.62 bits per heavy atom. The summed E-state index contributed by atoms with van der Waals surface area (Å²) in [5.74, 6) is 0. The van der Waals surface area contributed by atoms with Crippen LogP contribution >= 0.6 is 0 Å². The van der Waals surface area contributed by atoms with E-state index in [-0.39, 0.29) is 0 Å². The molecule has 0 aliphatic heterocycles. The van der Waals surface area contributed by atoms with Crippen LogP contribution in [0.25, 0.3) is 11.3 Å². The number of rotatable bonds is 0. The van der Waals surface area contributed by atoms with Crippen LogP contribution in [0.1, 0.15) is 27.9 Å². The van der Waals surface area contributed by atoms with Gasteiger partial charge in [0, 0.05) is 24.7 Å². The Bertz CT molecular complexity index is 588. The molecule has 0 amide bonds. The molecule has 0 spiro atoms. The third-order valence-corrected chi connectivity index (χ3v) is 3.91. The molecule has 1 aliphatic carbocycles. The Morgan fingerprint density at radius 3 is 2.38 bits per heavy atom. The number of hydrogen-bond donors (Lipinski definition) is 0. The Hall–Kier alpha value is -1.50. The number of aryl methyl sites for hydroxylation is 3. The van der Waals surface area contributed by atoms with Crippen molar-refractivity contribution in [3.8, 4) is 11.3 Å².